The molecule has 1 N–H and O–H groups in total. The van der Waals surface area contributed by atoms with E-state index < -0.39 is 11.7 Å². The Kier molecular flexibility index (Phi) is 2.48. The highest BCUT2D eigenvalue weighted by molar-refractivity contribution is 9.10. The number of benzene rings is 1. The van der Waals surface area contributed by atoms with Gasteiger partial charge in [-0.05, 0) is 34.1 Å². The van der Waals surface area contributed by atoms with E-state index in [1.54, 1.807) is 18.2 Å². The standard InChI is InChI=1S/C10H7BrFNO2/c1-15-5-2-3-6-7(4-5)8(14)10(12)13-9(6)11/h2-4,14H,1H3. The highest BCUT2D eigenvalue weighted by Gasteiger charge is 2.12. The normalized spacial score (nSPS) is 10.6. The fraction of sp³-hybridized carbons (Fsp3) is 0.100. The number of pyridine rings is 1. The number of hydrogen-bond acceptors (Lipinski definition) is 3. The van der Waals surface area contributed by atoms with E-state index in [4.69, 9.17) is 4.74 Å². The molecule has 1 aromatic heterocycles. The Hall–Kier alpha value is -1.36. The van der Waals surface area contributed by atoms with Gasteiger partial charge in [0.2, 0.25) is 0 Å². The number of aromatic nitrogens is 1. The van der Waals surface area contributed by atoms with Crippen LogP contribution in [0.1, 0.15) is 0 Å². The lowest BCUT2D eigenvalue weighted by Crippen LogP contribution is -1.89. The maximum atomic E-state index is 13.1. The first-order valence-electron chi connectivity index (χ1n) is 4.15. The number of halogens is 2. The summed E-state index contributed by atoms with van der Waals surface area (Å²) in [4.78, 5) is 3.52. The SMILES string of the molecule is COc1ccc2c(Br)nc(F)c(O)c2c1. The summed E-state index contributed by atoms with van der Waals surface area (Å²) < 4.78 is 18.5. The minimum absolute atomic E-state index is 0.357. The average molecular weight is 272 g/mol. The number of nitrogens with zero attached hydrogens (tertiary/aromatic N) is 1. The third-order valence-corrected chi connectivity index (χ3v) is 2.70. The molecule has 5 heteroatoms. The summed E-state index contributed by atoms with van der Waals surface area (Å²) in [6.07, 6.45) is 0. The van der Waals surface area contributed by atoms with Crippen LogP contribution in [0.5, 0.6) is 11.5 Å². The molecule has 2 aromatic rings. The zero-order valence-electron chi connectivity index (χ0n) is 7.79. The second-order valence-electron chi connectivity index (χ2n) is 2.95. The highest BCUT2D eigenvalue weighted by atomic mass is 79.9. The molecule has 15 heavy (non-hydrogen) atoms. The van der Waals surface area contributed by atoms with E-state index in [2.05, 4.69) is 20.9 Å². The average Bonchev–Trinajstić information content (AvgIpc) is 2.25. The van der Waals surface area contributed by atoms with Crippen molar-refractivity contribution in [2.45, 2.75) is 0 Å². The molecule has 2 rings (SSSR count). The lowest BCUT2D eigenvalue weighted by Gasteiger charge is -2.06. The van der Waals surface area contributed by atoms with Crippen LogP contribution in [-0.2, 0) is 0 Å². The zero-order valence-corrected chi connectivity index (χ0v) is 9.38. The van der Waals surface area contributed by atoms with Gasteiger partial charge in [0, 0.05) is 10.8 Å². The van der Waals surface area contributed by atoms with E-state index in [9.17, 15) is 9.50 Å². The van der Waals surface area contributed by atoms with Gasteiger partial charge in [-0.3, -0.25) is 0 Å². The Labute approximate surface area is 93.6 Å². The molecular formula is C10H7BrFNO2. The van der Waals surface area contributed by atoms with Gasteiger partial charge in [0.1, 0.15) is 10.4 Å². The molecule has 0 aliphatic carbocycles. The van der Waals surface area contributed by atoms with Gasteiger partial charge in [0.15, 0.2) is 5.75 Å². The van der Waals surface area contributed by atoms with Crippen molar-refractivity contribution in [3.63, 3.8) is 0 Å². The molecule has 0 spiro atoms. The molecule has 78 valence electrons. The van der Waals surface area contributed by atoms with Crippen LogP contribution in [0.3, 0.4) is 0 Å². The Morgan fingerprint density at radius 2 is 2.13 bits per heavy atom. The maximum absolute atomic E-state index is 13.1. The Morgan fingerprint density at radius 1 is 1.40 bits per heavy atom. The van der Waals surface area contributed by atoms with Gasteiger partial charge in [0.05, 0.1) is 7.11 Å². The van der Waals surface area contributed by atoms with E-state index in [0.717, 1.165) is 0 Å². The van der Waals surface area contributed by atoms with Crippen LogP contribution in [0, 0.1) is 5.95 Å². The van der Waals surface area contributed by atoms with E-state index in [-0.39, 0.29) is 0 Å². The molecule has 0 atom stereocenters. The Morgan fingerprint density at radius 3 is 2.80 bits per heavy atom. The Balaban J connectivity index is 2.85. The molecule has 0 bridgehead atoms. The van der Waals surface area contributed by atoms with Crippen molar-refractivity contribution < 1.29 is 14.2 Å². The molecule has 0 aliphatic heterocycles. The van der Waals surface area contributed by atoms with E-state index in [1.165, 1.54) is 7.11 Å². The predicted molar refractivity (Wildman–Crippen MR) is 57.6 cm³/mol. The van der Waals surface area contributed by atoms with Crippen molar-refractivity contribution >= 4 is 26.7 Å². The van der Waals surface area contributed by atoms with Crippen LogP contribution >= 0.6 is 15.9 Å². The predicted octanol–water partition coefficient (Wildman–Crippen LogP) is 2.85. The topological polar surface area (TPSA) is 42.4 Å². The van der Waals surface area contributed by atoms with Crippen molar-refractivity contribution in [3.8, 4) is 11.5 Å². The number of hydrogen-bond donors (Lipinski definition) is 1. The molecule has 1 aromatic carbocycles. The molecule has 0 aliphatic rings. The van der Waals surface area contributed by atoms with Crippen LogP contribution < -0.4 is 4.74 Å². The first kappa shape index (κ1) is 10.2. The van der Waals surface area contributed by atoms with Crippen LogP contribution in [0.25, 0.3) is 10.8 Å². The van der Waals surface area contributed by atoms with Gasteiger partial charge in [-0.15, -0.1) is 0 Å². The molecule has 0 saturated carbocycles. The Bertz CT molecular complexity index is 530. The number of fused-ring (bicyclic) bond motifs is 1. The quantitative estimate of drug-likeness (QED) is 0.811. The van der Waals surface area contributed by atoms with Gasteiger partial charge in [-0.2, -0.15) is 4.39 Å². The van der Waals surface area contributed by atoms with Gasteiger partial charge < -0.3 is 9.84 Å². The summed E-state index contributed by atoms with van der Waals surface area (Å²) in [7, 11) is 1.50. The molecule has 3 nitrogen and oxygen atoms in total. The van der Waals surface area contributed by atoms with Gasteiger partial charge >= 0.3 is 0 Å². The first-order valence-corrected chi connectivity index (χ1v) is 4.94. The summed E-state index contributed by atoms with van der Waals surface area (Å²) >= 11 is 3.13. The lowest BCUT2D eigenvalue weighted by atomic mass is 10.1. The summed E-state index contributed by atoms with van der Waals surface area (Å²) in [5.41, 5.74) is 0. The fourth-order valence-electron chi connectivity index (χ4n) is 1.34. The summed E-state index contributed by atoms with van der Waals surface area (Å²) in [5.74, 6) is -0.815. The molecule has 0 unspecified atom stereocenters. The smallest absolute Gasteiger partial charge is 0.256 e. The van der Waals surface area contributed by atoms with Crippen LogP contribution in [-0.4, -0.2) is 17.2 Å². The second-order valence-corrected chi connectivity index (χ2v) is 3.70. The van der Waals surface area contributed by atoms with Gasteiger partial charge in [-0.25, -0.2) is 4.98 Å². The van der Waals surface area contributed by atoms with E-state index >= 15 is 0 Å². The minimum Gasteiger partial charge on any atom is -0.503 e. The van der Waals surface area contributed by atoms with E-state index in [1.807, 2.05) is 0 Å². The minimum atomic E-state index is -0.900. The van der Waals surface area contributed by atoms with E-state index in [0.29, 0.717) is 21.1 Å². The summed E-state index contributed by atoms with van der Waals surface area (Å²) in [6, 6.07) is 4.97. The number of rotatable bonds is 1. The van der Waals surface area contributed by atoms with Crippen molar-refractivity contribution in [2.75, 3.05) is 7.11 Å². The maximum Gasteiger partial charge on any atom is 0.256 e. The molecule has 0 radical (unpaired) electrons. The van der Waals surface area contributed by atoms with Gasteiger partial charge in [0.25, 0.3) is 5.95 Å². The third kappa shape index (κ3) is 1.63. The zero-order chi connectivity index (χ0) is 11.0. The number of ether oxygens (including phenoxy) is 1. The molecule has 1 heterocycles. The first-order chi connectivity index (χ1) is 7.13. The number of methoxy groups -OCH3 is 1. The number of aromatic hydroxyl groups is 1. The van der Waals surface area contributed by atoms with Crippen LogP contribution in [0.15, 0.2) is 22.8 Å². The lowest BCUT2D eigenvalue weighted by molar-refractivity contribution is 0.413. The van der Waals surface area contributed by atoms with Crippen molar-refractivity contribution in [1.29, 1.82) is 0 Å². The fourth-order valence-corrected chi connectivity index (χ4v) is 1.84. The summed E-state index contributed by atoms with van der Waals surface area (Å²) in [5, 5.41) is 10.5. The summed E-state index contributed by atoms with van der Waals surface area (Å²) in [6.45, 7) is 0. The van der Waals surface area contributed by atoms with Crippen molar-refractivity contribution in [2.24, 2.45) is 0 Å². The highest BCUT2D eigenvalue weighted by Crippen LogP contribution is 2.33. The second kappa shape index (κ2) is 3.66. The molecule has 0 saturated heterocycles. The van der Waals surface area contributed by atoms with Crippen molar-refractivity contribution in [1.82, 2.24) is 4.98 Å². The van der Waals surface area contributed by atoms with Crippen LogP contribution in [0.2, 0.25) is 0 Å². The van der Waals surface area contributed by atoms with Crippen LogP contribution in [0.4, 0.5) is 4.39 Å². The molecule has 0 fully saturated rings. The monoisotopic (exact) mass is 271 g/mol. The third-order valence-electron chi connectivity index (χ3n) is 2.10. The largest absolute Gasteiger partial charge is 0.503 e. The molecule has 0 amide bonds. The molecular weight excluding hydrogens is 265 g/mol. The van der Waals surface area contributed by atoms with Gasteiger partial charge in [-0.1, -0.05) is 0 Å². The van der Waals surface area contributed by atoms with Crippen molar-refractivity contribution in [3.05, 3.63) is 28.7 Å².